The smallest absolute Gasteiger partial charge is 0.128 e. The Kier molecular flexibility index (Phi) is 3.39. The van der Waals surface area contributed by atoms with Crippen molar-refractivity contribution in [3.05, 3.63) is 56.5 Å². The molecule has 0 spiro atoms. The van der Waals surface area contributed by atoms with Crippen LogP contribution in [0.5, 0.6) is 0 Å². The molecule has 1 aliphatic carbocycles. The van der Waals surface area contributed by atoms with Crippen LogP contribution >= 0.6 is 11.3 Å². The molecular weight excluding hydrogens is 259 g/mol. The summed E-state index contributed by atoms with van der Waals surface area (Å²) in [6.45, 7) is 1.96. The van der Waals surface area contributed by atoms with Gasteiger partial charge in [0.2, 0.25) is 0 Å². The van der Waals surface area contributed by atoms with Gasteiger partial charge in [-0.05, 0) is 43.9 Å². The summed E-state index contributed by atoms with van der Waals surface area (Å²) < 4.78 is 14.0. The van der Waals surface area contributed by atoms with Crippen LogP contribution in [-0.4, -0.2) is 0 Å². The first-order valence-corrected chi connectivity index (χ1v) is 7.34. The zero-order chi connectivity index (χ0) is 13.4. The standard InChI is InChI=1S/C15H17FN2S/c1-9-5-6-12(16)11(7-9)15(18-17)14-8-10-3-2-4-13(10)19-14/h5-8,15,18H,2-4,17H2,1H3. The number of thiophene rings is 1. The molecule has 0 saturated heterocycles. The second kappa shape index (κ2) is 5.04. The fraction of sp³-hybridized carbons (Fsp3) is 0.333. The van der Waals surface area contributed by atoms with Crippen LogP contribution < -0.4 is 11.3 Å². The van der Waals surface area contributed by atoms with Gasteiger partial charge in [0.25, 0.3) is 0 Å². The molecule has 1 atom stereocenters. The van der Waals surface area contributed by atoms with Gasteiger partial charge in [-0.15, -0.1) is 11.3 Å². The van der Waals surface area contributed by atoms with Crippen molar-refractivity contribution in [1.82, 2.24) is 5.43 Å². The zero-order valence-electron chi connectivity index (χ0n) is 10.9. The predicted molar refractivity (Wildman–Crippen MR) is 76.6 cm³/mol. The number of hydrogen-bond donors (Lipinski definition) is 2. The number of rotatable bonds is 3. The van der Waals surface area contributed by atoms with Crippen LogP contribution in [0.25, 0.3) is 0 Å². The van der Waals surface area contributed by atoms with Gasteiger partial charge in [0, 0.05) is 15.3 Å². The van der Waals surface area contributed by atoms with E-state index in [1.165, 1.54) is 22.9 Å². The summed E-state index contributed by atoms with van der Waals surface area (Å²) in [7, 11) is 0. The summed E-state index contributed by atoms with van der Waals surface area (Å²) >= 11 is 1.75. The van der Waals surface area contributed by atoms with Gasteiger partial charge >= 0.3 is 0 Å². The first kappa shape index (κ1) is 12.8. The summed E-state index contributed by atoms with van der Waals surface area (Å²) in [6, 6.07) is 7.08. The SMILES string of the molecule is Cc1ccc(F)c(C(NN)c2cc3c(s2)CCC3)c1. The number of aryl methyl sites for hydroxylation is 3. The average Bonchev–Trinajstić information content (AvgIpc) is 2.95. The minimum atomic E-state index is -0.254. The third-order valence-electron chi connectivity index (χ3n) is 3.68. The number of nitrogens with one attached hydrogen (secondary N) is 1. The van der Waals surface area contributed by atoms with Crippen LogP contribution in [0.4, 0.5) is 4.39 Å². The largest absolute Gasteiger partial charge is 0.271 e. The third-order valence-corrected chi connectivity index (χ3v) is 4.98. The molecule has 1 heterocycles. The zero-order valence-corrected chi connectivity index (χ0v) is 11.7. The molecule has 0 saturated carbocycles. The van der Waals surface area contributed by atoms with Gasteiger partial charge in [0.05, 0.1) is 6.04 Å². The van der Waals surface area contributed by atoms with E-state index in [0.717, 1.165) is 23.3 Å². The van der Waals surface area contributed by atoms with Crippen molar-refractivity contribution in [1.29, 1.82) is 0 Å². The molecule has 3 N–H and O–H groups in total. The van der Waals surface area contributed by atoms with Crippen molar-refractivity contribution < 1.29 is 4.39 Å². The molecule has 2 nitrogen and oxygen atoms in total. The quantitative estimate of drug-likeness (QED) is 0.667. The van der Waals surface area contributed by atoms with Crippen molar-refractivity contribution in [2.75, 3.05) is 0 Å². The Balaban J connectivity index is 2.01. The van der Waals surface area contributed by atoms with Crippen LogP contribution in [0.3, 0.4) is 0 Å². The molecule has 1 unspecified atom stereocenters. The van der Waals surface area contributed by atoms with E-state index in [4.69, 9.17) is 5.84 Å². The molecule has 4 heteroatoms. The number of benzene rings is 1. The van der Waals surface area contributed by atoms with Gasteiger partial charge < -0.3 is 0 Å². The lowest BCUT2D eigenvalue weighted by molar-refractivity contribution is 0.563. The van der Waals surface area contributed by atoms with E-state index in [9.17, 15) is 4.39 Å². The lowest BCUT2D eigenvalue weighted by Gasteiger charge is -2.16. The van der Waals surface area contributed by atoms with E-state index in [1.54, 1.807) is 17.4 Å². The van der Waals surface area contributed by atoms with Gasteiger partial charge in [-0.1, -0.05) is 17.7 Å². The highest BCUT2D eigenvalue weighted by molar-refractivity contribution is 7.12. The summed E-state index contributed by atoms with van der Waals surface area (Å²) in [4.78, 5) is 2.54. The van der Waals surface area contributed by atoms with Gasteiger partial charge in [0.1, 0.15) is 5.82 Å². The maximum Gasteiger partial charge on any atom is 0.128 e. The average molecular weight is 276 g/mol. The molecule has 1 aromatic carbocycles. The Morgan fingerprint density at radius 2 is 2.16 bits per heavy atom. The van der Waals surface area contributed by atoms with Crippen LogP contribution in [0.15, 0.2) is 24.3 Å². The molecule has 0 aliphatic heterocycles. The van der Waals surface area contributed by atoms with Crippen molar-refractivity contribution in [2.24, 2.45) is 5.84 Å². The maximum atomic E-state index is 14.0. The normalized spacial score (nSPS) is 15.5. The van der Waals surface area contributed by atoms with Gasteiger partial charge in [-0.25, -0.2) is 9.82 Å². The highest BCUT2D eigenvalue weighted by atomic mass is 32.1. The molecule has 0 fully saturated rings. The molecule has 19 heavy (non-hydrogen) atoms. The third kappa shape index (κ3) is 2.31. The number of halogens is 1. The van der Waals surface area contributed by atoms with E-state index in [-0.39, 0.29) is 11.9 Å². The van der Waals surface area contributed by atoms with Gasteiger partial charge in [0.15, 0.2) is 0 Å². The van der Waals surface area contributed by atoms with E-state index in [1.807, 2.05) is 13.0 Å². The topological polar surface area (TPSA) is 38.0 Å². The minimum Gasteiger partial charge on any atom is -0.271 e. The fourth-order valence-electron chi connectivity index (χ4n) is 2.70. The van der Waals surface area contributed by atoms with E-state index >= 15 is 0 Å². The molecule has 0 radical (unpaired) electrons. The number of fused-ring (bicyclic) bond motifs is 1. The first-order chi connectivity index (χ1) is 9.19. The van der Waals surface area contributed by atoms with Crippen molar-refractivity contribution in [3.63, 3.8) is 0 Å². The van der Waals surface area contributed by atoms with Crippen molar-refractivity contribution in [3.8, 4) is 0 Å². The van der Waals surface area contributed by atoms with E-state index in [0.29, 0.717) is 5.56 Å². The minimum absolute atomic E-state index is 0.206. The molecular formula is C15H17FN2S. The van der Waals surface area contributed by atoms with Crippen molar-refractivity contribution >= 4 is 11.3 Å². The van der Waals surface area contributed by atoms with Crippen LogP contribution in [0.1, 0.15) is 38.9 Å². The Hall–Kier alpha value is -1.23. The van der Waals surface area contributed by atoms with Crippen LogP contribution in [-0.2, 0) is 12.8 Å². The molecule has 0 amide bonds. The van der Waals surface area contributed by atoms with Crippen LogP contribution in [0.2, 0.25) is 0 Å². The summed E-state index contributed by atoms with van der Waals surface area (Å²) in [6.07, 6.45) is 3.52. The van der Waals surface area contributed by atoms with E-state index < -0.39 is 0 Å². The lowest BCUT2D eigenvalue weighted by Crippen LogP contribution is -2.29. The molecule has 1 aromatic heterocycles. The van der Waals surface area contributed by atoms with E-state index in [2.05, 4.69) is 11.5 Å². The predicted octanol–water partition coefficient (Wildman–Crippen LogP) is 3.24. The highest BCUT2D eigenvalue weighted by Gasteiger charge is 2.22. The van der Waals surface area contributed by atoms with Gasteiger partial charge in [-0.3, -0.25) is 5.84 Å². The summed E-state index contributed by atoms with van der Waals surface area (Å²) in [5.74, 6) is 5.46. The van der Waals surface area contributed by atoms with Crippen molar-refractivity contribution in [2.45, 2.75) is 32.2 Å². The first-order valence-electron chi connectivity index (χ1n) is 6.52. The Bertz CT molecular complexity index is 585. The Morgan fingerprint density at radius 3 is 2.89 bits per heavy atom. The molecule has 2 aromatic rings. The second-order valence-corrected chi connectivity index (χ2v) is 6.24. The Morgan fingerprint density at radius 1 is 1.32 bits per heavy atom. The number of hydrazine groups is 1. The number of hydrogen-bond acceptors (Lipinski definition) is 3. The fourth-order valence-corrected chi connectivity index (χ4v) is 4.04. The Labute approximate surface area is 116 Å². The maximum absolute atomic E-state index is 14.0. The van der Waals surface area contributed by atoms with Gasteiger partial charge in [-0.2, -0.15) is 0 Å². The summed E-state index contributed by atoms with van der Waals surface area (Å²) in [5.41, 5.74) is 5.84. The molecule has 0 bridgehead atoms. The molecule has 100 valence electrons. The lowest BCUT2D eigenvalue weighted by atomic mass is 10.0. The molecule has 1 aliphatic rings. The van der Waals surface area contributed by atoms with Crippen LogP contribution in [0, 0.1) is 12.7 Å². The molecule has 3 rings (SSSR count). The second-order valence-electron chi connectivity index (χ2n) is 5.08. The number of nitrogens with two attached hydrogens (primary N) is 1. The summed E-state index contributed by atoms with van der Waals surface area (Å²) in [5, 5.41) is 0. The monoisotopic (exact) mass is 276 g/mol. The highest BCUT2D eigenvalue weighted by Crippen LogP contribution is 2.36.